The Morgan fingerprint density at radius 3 is 2.96 bits per heavy atom. The third kappa shape index (κ3) is 3.77. The van der Waals surface area contributed by atoms with Crippen LogP contribution in [-0.4, -0.2) is 33.1 Å². The maximum Gasteiger partial charge on any atom is 0.153 e. The topological polar surface area (TPSA) is 60.2 Å². The number of aliphatic hydroxyl groups excluding tert-OH is 1. The molecule has 3 heterocycles. The summed E-state index contributed by atoms with van der Waals surface area (Å²) in [5.74, 6) is 1.55. The Balaban J connectivity index is 1.52. The van der Waals surface area contributed by atoms with Crippen LogP contribution < -0.4 is 4.74 Å². The first-order valence-electron chi connectivity index (χ1n) is 8.88. The predicted octanol–water partition coefficient (Wildman–Crippen LogP) is 3.95. The Morgan fingerprint density at radius 1 is 1.30 bits per heavy atom. The molecule has 1 aliphatic rings. The Morgan fingerprint density at radius 2 is 2.19 bits per heavy atom. The van der Waals surface area contributed by atoms with Crippen LogP contribution in [0.25, 0.3) is 5.82 Å². The molecule has 6 heteroatoms. The molecule has 2 aromatic heterocycles. The molecule has 0 saturated carbocycles. The monoisotopic (exact) mass is 379 g/mol. The highest BCUT2D eigenvalue weighted by molar-refractivity contribution is 8.03. The molecule has 0 radical (unpaired) electrons. The summed E-state index contributed by atoms with van der Waals surface area (Å²) in [7, 11) is 0. The predicted molar refractivity (Wildman–Crippen MR) is 107 cm³/mol. The van der Waals surface area contributed by atoms with Gasteiger partial charge in [0, 0.05) is 23.4 Å². The third-order valence-electron chi connectivity index (χ3n) is 4.60. The molecule has 27 heavy (non-hydrogen) atoms. The number of allylic oxidation sites excluding steroid dienone is 1. The molecular formula is C21H21N3O2S. The van der Waals surface area contributed by atoms with Crippen molar-refractivity contribution >= 4 is 11.8 Å². The molecule has 0 unspecified atom stereocenters. The maximum absolute atomic E-state index is 8.81. The highest BCUT2D eigenvalue weighted by Crippen LogP contribution is 2.40. The molecule has 0 bridgehead atoms. The molecule has 3 aromatic rings. The zero-order chi connectivity index (χ0) is 18.8. The van der Waals surface area contributed by atoms with Gasteiger partial charge in [0.1, 0.15) is 12.4 Å². The first-order chi connectivity index (χ1) is 13.1. The van der Waals surface area contributed by atoms with Crippen LogP contribution in [0.2, 0.25) is 0 Å². The van der Waals surface area contributed by atoms with E-state index in [0.717, 1.165) is 17.9 Å². The Labute approximate surface area is 162 Å². The van der Waals surface area contributed by atoms with E-state index in [4.69, 9.17) is 14.9 Å². The van der Waals surface area contributed by atoms with Gasteiger partial charge in [0.25, 0.3) is 0 Å². The van der Waals surface area contributed by atoms with Gasteiger partial charge >= 0.3 is 0 Å². The van der Waals surface area contributed by atoms with Gasteiger partial charge in [0.2, 0.25) is 0 Å². The number of pyridine rings is 1. The number of nitrogens with zero attached hydrogens (tertiary/aromatic N) is 3. The fraction of sp³-hybridized carbons (Fsp3) is 0.238. The van der Waals surface area contributed by atoms with Crippen LogP contribution in [0, 0.1) is 0 Å². The van der Waals surface area contributed by atoms with Gasteiger partial charge < -0.3 is 9.84 Å². The number of benzene rings is 1. The average molecular weight is 379 g/mol. The fourth-order valence-electron chi connectivity index (χ4n) is 3.11. The Kier molecular flexibility index (Phi) is 5.01. The lowest BCUT2D eigenvalue weighted by molar-refractivity contribution is 0.201. The summed E-state index contributed by atoms with van der Waals surface area (Å²) >= 11 is 1.77. The minimum Gasteiger partial charge on any atom is -0.490 e. The second-order valence-electron chi connectivity index (χ2n) is 6.52. The molecule has 0 spiro atoms. The fourth-order valence-corrected chi connectivity index (χ4v) is 4.11. The smallest absolute Gasteiger partial charge is 0.153 e. The lowest BCUT2D eigenvalue weighted by Crippen LogP contribution is -2.04. The van der Waals surface area contributed by atoms with Gasteiger partial charge in [-0.2, -0.15) is 5.10 Å². The summed E-state index contributed by atoms with van der Waals surface area (Å²) in [6.45, 7) is 6.49. The second-order valence-corrected chi connectivity index (χ2v) is 7.74. The summed E-state index contributed by atoms with van der Waals surface area (Å²) in [5.41, 5.74) is 3.61. The van der Waals surface area contributed by atoms with Crippen LogP contribution in [0.3, 0.4) is 0 Å². The first kappa shape index (κ1) is 17.8. The number of ether oxygens (including phenoxy) is 1. The molecule has 1 atom stereocenters. The van der Waals surface area contributed by atoms with Crippen LogP contribution >= 0.6 is 11.8 Å². The van der Waals surface area contributed by atoms with E-state index in [9.17, 15) is 0 Å². The lowest BCUT2D eigenvalue weighted by Gasteiger charge is -2.11. The largest absolute Gasteiger partial charge is 0.490 e. The molecule has 0 saturated heterocycles. The SMILES string of the molecule is C=C1Cc2ccc([C@H](C)c3ccn(-c4ccc(OCCO)cn4)n3)cc2S1. The Bertz CT molecular complexity index is 966. The molecule has 0 amide bonds. The zero-order valence-electron chi connectivity index (χ0n) is 15.1. The lowest BCUT2D eigenvalue weighted by atomic mass is 9.96. The van der Waals surface area contributed by atoms with Crippen molar-refractivity contribution in [3.63, 3.8) is 0 Å². The van der Waals surface area contributed by atoms with Crippen LogP contribution in [0.15, 0.2) is 65.2 Å². The summed E-state index contributed by atoms with van der Waals surface area (Å²) < 4.78 is 7.11. The van der Waals surface area contributed by atoms with Crippen molar-refractivity contribution in [2.45, 2.75) is 24.2 Å². The van der Waals surface area contributed by atoms with Crippen molar-refractivity contribution < 1.29 is 9.84 Å². The van der Waals surface area contributed by atoms with Crippen molar-refractivity contribution in [3.05, 3.63) is 77.1 Å². The number of aliphatic hydroxyl groups is 1. The van der Waals surface area contributed by atoms with E-state index in [0.29, 0.717) is 5.75 Å². The van der Waals surface area contributed by atoms with Gasteiger partial charge in [-0.25, -0.2) is 9.67 Å². The van der Waals surface area contributed by atoms with Crippen molar-refractivity contribution in [1.82, 2.24) is 14.8 Å². The highest BCUT2D eigenvalue weighted by atomic mass is 32.2. The van der Waals surface area contributed by atoms with Crippen molar-refractivity contribution in [2.24, 2.45) is 0 Å². The molecule has 4 rings (SSSR count). The van der Waals surface area contributed by atoms with Crippen LogP contribution in [0.5, 0.6) is 5.75 Å². The average Bonchev–Trinajstić information content (AvgIpc) is 3.31. The normalized spacial score (nSPS) is 14.2. The third-order valence-corrected chi connectivity index (χ3v) is 5.63. The van der Waals surface area contributed by atoms with Gasteiger partial charge in [-0.3, -0.25) is 0 Å². The number of thioether (sulfide) groups is 1. The minimum absolute atomic E-state index is 0.0164. The van der Waals surface area contributed by atoms with Gasteiger partial charge in [0.05, 0.1) is 18.5 Å². The highest BCUT2D eigenvalue weighted by Gasteiger charge is 2.18. The van der Waals surface area contributed by atoms with Gasteiger partial charge in [-0.15, -0.1) is 0 Å². The van der Waals surface area contributed by atoms with Gasteiger partial charge in [-0.05, 0) is 40.3 Å². The minimum atomic E-state index is -0.0164. The second kappa shape index (κ2) is 7.58. The number of aromatic nitrogens is 3. The van der Waals surface area contributed by atoms with Crippen LogP contribution in [0.4, 0.5) is 0 Å². The number of rotatable bonds is 6. The first-order valence-corrected chi connectivity index (χ1v) is 9.70. The zero-order valence-corrected chi connectivity index (χ0v) is 15.9. The number of hydrogen-bond acceptors (Lipinski definition) is 5. The Hall–Kier alpha value is -2.57. The van der Waals surface area contributed by atoms with E-state index in [1.165, 1.54) is 20.9 Å². The molecule has 1 N–H and O–H groups in total. The van der Waals surface area contributed by atoms with E-state index in [2.05, 4.69) is 36.7 Å². The summed E-state index contributed by atoms with van der Waals surface area (Å²) in [6.07, 6.45) is 4.53. The quantitative estimate of drug-likeness (QED) is 0.703. The molecule has 5 nitrogen and oxygen atoms in total. The molecule has 1 aromatic carbocycles. The van der Waals surface area contributed by atoms with E-state index in [1.807, 2.05) is 24.4 Å². The van der Waals surface area contributed by atoms with E-state index >= 15 is 0 Å². The van der Waals surface area contributed by atoms with Crippen molar-refractivity contribution in [2.75, 3.05) is 13.2 Å². The number of fused-ring (bicyclic) bond motifs is 1. The van der Waals surface area contributed by atoms with E-state index in [-0.39, 0.29) is 19.1 Å². The standard InChI is InChI=1S/C21H21N3O2S/c1-14-11-17-4-3-16(12-20(17)27-14)15(2)19-7-8-24(23-19)21-6-5-18(13-22-21)26-10-9-25/h3-8,12-13,15,25H,1,9-11H2,2H3/t15-/m0/s1. The molecule has 138 valence electrons. The molecular weight excluding hydrogens is 358 g/mol. The maximum atomic E-state index is 8.81. The molecule has 0 aliphatic carbocycles. The van der Waals surface area contributed by atoms with Crippen LogP contribution in [0.1, 0.15) is 29.7 Å². The molecule has 1 aliphatic heterocycles. The van der Waals surface area contributed by atoms with E-state index < -0.39 is 0 Å². The van der Waals surface area contributed by atoms with Crippen molar-refractivity contribution in [3.8, 4) is 11.6 Å². The van der Waals surface area contributed by atoms with Gasteiger partial charge in [0.15, 0.2) is 5.82 Å². The summed E-state index contributed by atoms with van der Waals surface area (Å²) in [6, 6.07) is 12.4. The summed E-state index contributed by atoms with van der Waals surface area (Å²) in [4.78, 5) is 6.90. The summed E-state index contributed by atoms with van der Waals surface area (Å²) in [5, 5.41) is 13.5. The molecule has 0 fully saturated rings. The van der Waals surface area contributed by atoms with Crippen molar-refractivity contribution in [1.29, 1.82) is 0 Å². The number of hydrogen-bond donors (Lipinski definition) is 1. The van der Waals surface area contributed by atoms with Gasteiger partial charge in [-0.1, -0.05) is 37.4 Å². The van der Waals surface area contributed by atoms with Crippen LogP contribution in [-0.2, 0) is 6.42 Å². The van der Waals surface area contributed by atoms with E-state index in [1.54, 1.807) is 22.6 Å².